The topological polar surface area (TPSA) is 57.6 Å². The zero-order valence-electron chi connectivity index (χ0n) is 11.1. The van der Waals surface area contributed by atoms with Crippen molar-refractivity contribution in [2.75, 3.05) is 7.05 Å². The van der Waals surface area contributed by atoms with Crippen LogP contribution in [0.5, 0.6) is 0 Å². The Morgan fingerprint density at radius 3 is 2.24 bits per heavy atom. The zero-order chi connectivity index (χ0) is 13.2. The summed E-state index contributed by atoms with van der Waals surface area (Å²) < 4.78 is 0. The molecule has 1 N–H and O–H groups in total. The number of carbonyl (C=O) groups excluding carboxylic acids is 1. The number of amides is 1. The summed E-state index contributed by atoms with van der Waals surface area (Å²) in [5, 5.41) is 9.20. The first-order valence-corrected chi connectivity index (χ1v) is 6.37. The minimum Gasteiger partial charge on any atom is -0.481 e. The van der Waals surface area contributed by atoms with Crippen LogP contribution in [0.1, 0.15) is 40.0 Å². The van der Waals surface area contributed by atoms with Gasteiger partial charge in [-0.3, -0.25) is 9.59 Å². The predicted molar refractivity (Wildman–Crippen MR) is 65.5 cm³/mol. The van der Waals surface area contributed by atoms with Gasteiger partial charge in [-0.2, -0.15) is 0 Å². The van der Waals surface area contributed by atoms with Crippen LogP contribution in [0.25, 0.3) is 0 Å². The van der Waals surface area contributed by atoms with E-state index >= 15 is 0 Å². The maximum Gasteiger partial charge on any atom is 0.307 e. The number of carboxylic acid groups (broad SMARTS) is 1. The van der Waals surface area contributed by atoms with Gasteiger partial charge in [0, 0.05) is 13.1 Å². The highest BCUT2D eigenvalue weighted by atomic mass is 16.4. The fourth-order valence-corrected chi connectivity index (χ4v) is 2.54. The lowest BCUT2D eigenvalue weighted by Crippen LogP contribution is -2.40. The Bertz CT molecular complexity index is 301. The van der Waals surface area contributed by atoms with E-state index < -0.39 is 11.9 Å². The number of rotatable bonds is 4. The first-order valence-electron chi connectivity index (χ1n) is 6.37. The molecule has 0 heterocycles. The van der Waals surface area contributed by atoms with E-state index in [9.17, 15) is 14.7 Å². The fourth-order valence-electron chi connectivity index (χ4n) is 2.54. The monoisotopic (exact) mass is 241 g/mol. The Labute approximate surface area is 103 Å². The summed E-state index contributed by atoms with van der Waals surface area (Å²) in [4.78, 5) is 25.1. The fraction of sp³-hybridized carbons (Fsp3) is 0.846. The molecule has 0 spiro atoms. The van der Waals surface area contributed by atoms with E-state index in [4.69, 9.17) is 0 Å². The van der Waals surface area contributed by atoms with E-state index in [-0.39, 0.29) is 17.9 Å². The van der Waals surface area contributed by atoms with Crippen LogP contribution >= 0.6 is 0 Å². The van der Waals surface area contributed by atoms with E-state index in [1.807, 2.05) is 13.8 Å². The van der Waals surface area contributed by atoms with Gasteiger partial charge in [0.05, 0.1) is 11.8 Å². The van der Waals surface area contributed by atoms with Gasteiger partial charge in [0.1, 0.15) is 0 Å². The lowest BCUT2D eigenvalue weighted by Gasteiger charge is -2.26. The molecule has 4 nitrogen and oxygen atoms in total. The Balaban J connectivity index is 2.80. The van der Waals surface area contributed by atoms with Crippen LogP contribution < -0.4 is 0 Å². The van der Waals surface area contributed by atoms with E-state index in [1.165, 1.54) is 0 Å². The van der Waals surface area contributed by atoms with Crippen molar-refractivity contribution in [3.63, 3.8) is 0 Å². The molecular formula is C13H23NO3. The average Bonchev–Trinajstić information content (AvgIpc) is 2.70. The van der Waals surface area contributed by atoms with Crippen LogP contribution in [0.2, 0.25) is 0 Å². The zero-order valence-corrected chi connectivity index (χ0v) is 11.1. The molecule has 0 aliphatic heterocycles. The Kier molecular flexibility index (Phi) is 4.54. The van der Waals surface area contributed by atoms with Gasteiger partial charge in [-0.05, 0) is 32.6 Å². The Morgan fingerprint density at radius 1 is 1.29 bits per heavy atom. The molecule has 0 saturated heterocycles. The first-order chi connectivity index (χ1) is 7.88. The van der Waals surface area contributed by atoms with E-state index in [0.29, 0.717) is 12.3 Å². The second-order valence-corrected chi connectivity index (χ2v) is 5.34. The van der Waals surface area contributed by atoms with Gasteiger partial charge < -0.3 is 10.0 Å². The highest BCUT2D eigenvalue weighted by molar-refractivity contribution is 5.85. The molecule has 1 aliphatic rings. The van der Waals surface area contributed by atoms with Crippen molar-refractivity contribution in [1.29, 1.82) is 0 Å². The molecule has 0 aromatic heterocycles. The van der Waals surface area contributed by atoms with E-state index in [2.05, 4.69) is 6.92 Å². The molecule has 98 valence electrons. The second kappa shape index (κ2) is 5.52. The molecule has 1 saturated carbocycles. The molecule has 0 aromatic carbocycles. The van der Waals surface area contributed by atoms with Crippen molar-refractivity contribution >= 4 is 11.9 Å². The van der Waals surface area contributed by atoms with Gasteiger partial charge >= 0.3 is 5.97 Å². The molecular weight excluding hydrogens is 218 g/mol. The standard InChI is InChI=1S/C13H23NO3/c1-5-9-6-10(11(7-9)13(16)17)12(15)14(4)8(2)3/h8-11H,5-7H2,1-4H3,(H,16,17). The third-order valence-corrected chi connectivity index (χ3v) is 3.99. The molecule has 0 aromatic rings. The normalized spacial score (nSPS) is 28.4. The SMILES string of the molecule is CCC1CC(C(=O)O)C(C(=O)N(C)C(C)C)C1. The molecule has 0 radical (unpaired) electrons. The molecule has 1 rings (SSSR count). The summed E-state index contributed by atoms with van der Waals surface area (Å²) >= 11 is 0. The molecule has 1 aliphatic carbocycles. The number of nitrogens with zero attached hydrogens (tertiary/aromatic N) is 1. The van der Waals surface area contributed by atoms with Gasteiger partial charge in [0.15, 0.2) is 0 Å². The molecule has 3 unspecified atom stereocenters. The van der Waals surface area contributed by atoms with Gasteiger partial charge in [0.2, 0.25) is 5.91 Å². The summed E-state index contributed by atoms with van der Waals surface area (Å²) in [7, 11) is 1.76. The number of carbonyl (C=O) groups is 2. The van der Waals surface area contributed by atoms with Gasteiger partial charge in [-0.25, -0.2) is 0 Å². The maximum absolute atomic E-state index is 12.2. The van der Waals surface area contributed by atoms with Crippen LogP contribution in [0.4, 0.5) is 0 Å². The van der Waals surface area contributed by atoms with E-state index in [1.54, 1.807) is 11.9 Å². The highest BCUT2D eigenvalue weighted by Crippen LogP contribution is 2.39. The minimum absolute atomic E-state index is 0.0108. The minimum atomic E-state index is -0.823. The summed E-state index contributed by atoms with van der Waals surface area (Å²) in [6, 6.07) is 0.123. The van der Waals surface area contributed by atoms with Crippen molar-refractivity contribution in [3.05, 3.63) is 0 Å². The molecule has 1 amide bonds. The number of carboxylic acids is 1. The molecule has 3 atom stereocenters. The summed E-state index contributed by atoms with van der Waals surface area (Å²) in [5.74, 6) is -1.27. The lowest BCUT2D eigenvalue weighted by atomic mass is 9.94. The van der Waals surface area contributed by atoms with Crippen molar-refractivity contribution in [3.8, 4) is 0 Å². The summed E-state index contributed by atoms with van der Waals surface area (Å²) in [6.45, 7) is 5.95. The van der Waals surface area contributed by atoms with Crippen LogP contribution in [-0.2, 0) is 9.59 Å². The van der Waals surface area contributed by atoms with E-state index in [0.717, 1.165) is 12.8 Å². The second-order valence-electron chi connectivity index (χ2n) is 5.34. The largest absolute Gasteiger partial charge is 0.481 e. The van der Waals surface area contributed by atoms with Gasteiger partial charge in [-0.1, -0.05) is 13.3 Å². The smallest absolute Gasteiger partial charge is 0.307 e. The van der Waals surface area contributed by atoms with Crippen LogP contribution in [-0.4, -0.2) is 35.0 Å². The van der Waals surface area contributed by atoms with Crippen molar-refractivity contribution in [2.24, 2.45) is 17.8 Å². The number of aliphatic carboxylic acids is 1. The summed E-state index contributed by atoms with van der Waals surface area (Å²) in [6.07, 6.45) is 2.33. The van der Waals surface area contributed by atoms with Crippen molar-refractivity contribution in [1.82, 2.24) is 4.90 Å². The number of hydrogen-bond donors (Lipinski definition) is 1. The maximum atomic E-state index is 12.2. The van der Waals surface area contributed by atoms with Crippen LogP contribution in [0, 0.1) is 17.8 Å². The van der Waals surface area contributed by atoms with Crippen LogP contribution in [0.15, 0.2) is 0 Å². The summed E-state index contributed by atoms with van der Waals surface area (Å²) in [5.41, 5.74) is 0. The molecule has 0 bridgehead atoms. The van der Waals surface area contributed by atoms with Crippen molar-refractivity contribution < 1.29 is 14.7 Å². The predicted octanol–water partition coefficient (Wildman–Crippen LogP) is 1.99. The quantitative estimate of drug-likeness (QED) is 0.819. The number of hydrogen-bond acceptors (Lipinski definition) is 2. The third kappa shape index (κ3) is 2.99. The lowest BCUT2D eigenvalue weighted by molar-refractivity contribution is -0.149. The van der Waals surface area contributed by atoms with Gasteiger partial charge in [0.25, 0.3) is 0 Å². The highest BCUT2D eigenvalue weighted by Gasteiger charge is 2.43. The Morgan fingerprint density at radius 2 is 1.82 bits per heavy atom. The third-order valence-electron chi connectivity index (χ3n) is 3.99. The molecule has 17 heavy (non-hydrogen) atoms. The average molecular weight is 241 g/mol. The van der Waals surface area contributed by atoms with Crippen LogP contribution in [0.3, 0.4) is 0 Å². The molecule has 4 heteroatoms. The van der Waals surface area contributed by atoms with Crippen molar-refractivity contribution in [2.45, 2.75) is 46.1 Å². The Hall–Kier alpha value is -1.06. The molecule has 1 fully saturated rings. The van der Waals surface area contributed by atoms with Gasteiger partial charge in [-0.15, -0.1) is 0 Å². The first kappa shape index (κ1) is 14.0.